The first kappa shape index (κ1) is 17.4. The minimum atomic E-state index is -0.253. The number of hydrogen-bond acceptors (Lipinski definition) is 5. The van der Waals surface area contributed by atoms with Gasteiger partial charge >= 0.3 is 0 Å². The summed E-state index contributed by atoms with van der Waals surface area (Å²) < 4.78 is 3.69. The summed E-state index contributed by atoms with van der Waals surface area (Å²) in [5.41, 5.74) is 2.91. The largest absolute Gasteiger partial charge is 0.353 e. The summed E-state index contributed by atoms with van der Waals surface area (Å²) in [6.07, 6.45) is 6.46. The molecule has 8 nitrogen and oxygen atoms in total. The highest BCUT2D eigenvalue weighted by atomic mass is 16.2. The van der Waals surface area contributed by atoms with Crippen molar-refractivity contribution in [2.45, 2.75) is 19.4 Å². The lowest BCUT2D eigenvalue weighted by molar-refractivity contribution is 0.0930. The third-order valence-corrected chi connectivity index (χ3v) is 5.15. The second-order valence-corrected chi connectivity index (χ2v) is 7.26. The molecule has 1 aliphatic rings. The summed E-state index contributed by atoms with van der Waals surface area (Å²) in [6.45, 7) is 3.55. The number of para-hydroxylation sites is 1. The van der Waals surface area contributed by atoms with Gasteiger partial charge in [-0.05, 0) is 37.6 Å². The normalized spacial score (nSPS) is 16.4. The van der Waals surface area contributed by atoms with Crippen molar-refractivity contribution in [3.8, 4) is 5.69 Å². The van der Waals surface area contributed by atoms with Crippen LogP contribution in [0.4, 0.5) is 5.82 Å². The van der Waals surface area contributed by atoms with Gasteiger partial charge in [0.25, 0.3) is 5.91 Å². The molecule has 4 heterocycles. The van der Waals surface area contributed by atoms with Crippen LogP contribution in [0.1, 0.15) is 22.7 Å². The maximum absolute atomic E-state index is 12.6. The lowest BCUT2D eigenvalue weighted by atomic mass is 10.2. The first-order chi connectivity index (χ1) is 14.2. The van der Waals surface area contributed by atoms with Crippen molar-refractivity contribution in [1.82, 2.24) is 29.5 Å². The number of carbonyl (C=O) groups excluding carboxylic acids is 1. The Morgan fingerprint density at radius 1 is 1.17 bits per heavy atom. The summed E-state index contributed by atoms with van der Waals surface area (Å²) in [5, 5.41) is 7.37. The first-order valence-corrected chi connectivity index (χ1v) is 9.64. The van der Waals surface area contributed by atoms with Crippen LogP contribution in [-0.2, 0) is 0 Å². The Labute approximate surface area is 167 Å². The van der Waals surface area contributed by atoms with Crippen molar-refractivity contribution in [2.24, 2.45) is 0 Å². The van der Waals surface area contributed by atoms with Crippen LogP contribution in [0, 0.1) is 6.92 Å². The van der Waals surface area contributed by atoms with E-state index >= 15 is 0 Å². The van der Waals surface area contributed by atoms with E-state index in [4.69, 9.17) is 4.98 Å². The van der Waals surface area contributed by atoms with Gasteiger partial charge in [-0.25, -0.2) is 14.6 Å². The molecule has 0 bridgehead atoms. The molecule has 4 aromatic rings. The van der Waals surface area contributed by atoms with Crippen LogP contribution in [-0.4, -0.2) is 49.2 Å². The molecule has 0 spiro atoms. The van der Waals surface area contributed by atoms with Gasteiger partial charge in [0.2, 0.25) is 5.82 Å². The fourth-order valence-corrected chi connectivity index (χ4v) is 3.78. The van der Waals surface area contributed by atoms with E-state index in [-0.39, 0.29) is 17.8 Å². The molecular formula is C21H21N7O. The fraction of sp³-hybridized carbons (Fsp3) is 0.238. The fourth-order valence-electron chi connectivity index (χ4n) is 3.78. The number of benzene rings is 1. The van der Waals surface area contributed by atoms with E-state index in [0.717, 1.165) is 35.7 Å². The average Bonchev–Trinajstić information content (AvgIpc) is 3.48. The van der Waals surface area contributed by atoms with Gasteiger partial charge in [-0.3, -0.25) is 4.79 Å². The van der Waals surface area contributed by atoms with Gasteiger partial charge in [0.1, 0.15) is 6.33 Å². The van der Waals surface area contributed by atoms with Gasteiger partial charge in [-0.1, -0.05) is 18.2 Å². The Morgan fingerprint density at radius 3 is 2.90 bits per heavy atom. The molecule has 1 aromatic carbocycles. The van der Waals surface area contributed by atoms with Gasteiger partial charge in [0.05, 0.1) is 16.9 Å². The number of nitrogens with one attached hydrogen (secondary N) is 1. The molecule has 1 saturated heterocycles. The van der Waals surface area contributed by atoms with Crippen molar-refractivity contribution in [2.75, 3.05) is 18.0 Å². The van der Waals surface area contributed by atoms with E-state index < -0.39 is 0 Å². The molecule has 1 aliphatic heterocycles. The van der Waals surface area contributed by atoms with Crippen LogP contribution < -0.4 is 10.2 Å². The first-order valence-electron chi connectivity index (χ1n) is 9.64. The van der Waals surface area contributed by atoms with Crippen LogP contribution in [0.2, 0.25) is 0 Å². The predicted molar refractivity (Wildman–Crippen MR) is 109 cm³/mol. The molecule has 1 fully saturated rings. The third kappa shape index (κ3) is 3.33. The van der Waals surface area contributed by atoms with Crippen LogP contribution in [0.5, 0.6) is 0 Å². The number of nitrogens with zero attached hydrogens (tertiary/aromatic N) is 6. The Kier molecular flexibility index (Phi) is 4.23. The Bertz CT molecular complexity index is 1160. The van der Waals surface area contributed by atoms with Gasteiger partial charge in [0, 0.05) is 31.5 Å². The maximum Gasteiger partial charge on any atom is 0.291 e. The molecule has 5 rings (SSSR count). The molecular weight excluding hydrogens is 366 g/mol. The highest BCUT2D eigenvalue weighted by Crippen LogP contribution is 2.24. The van der Waals surface area contributed by atoms with Crippen molar-refractivity contribution in [3.63, 3.8) is 0 Å². The summed E-state index contributed by atoms with van der Waals surface area (Å²) >= 11 is 0. The minimum Gasteiger partial charge on any atom is -0.353 e. The Morgan fingerprint density at radius 2 is 2.03 bits per heavy atom. The molecule has 0 radical (unpaired) electrons. The number of rotatable bonds is 4. The lowest BCUT2D eigenvalue weighted by Gasteiger charge is -2.19. The highest BCUT2D eigenvalue weighted by Gasteiger charge is 2.27. The third-order valence-electron chi connectivity index (χ3n) is 5.15. The second kappa shape index (κ2) is 7.05. The number of hydrogen-bond donors (Lipinski definition) is 1. The van der Waals surface area contributed by atoms with Crippen LogP contribution in [0.25, 0.3) is 11.2 Å². The summed E-state index contributed by atoms with van der Waals surface area (Å²) in [4.78, 5) is 23.7. The quantitative estimate of drug-likeness (QED) is 0.581. The SMILES string of the molecule is Cc1cn2cccc2c(N2CC[C@H](NC(=O)c3ncn(-c4ccccc4)n3)C2)n1. The van der Waals surface area contributed by atoms with Gasteiger partial charge < -0.3 is 14.6 Å². The standard InChI is InChI=1S/C21H21N7O/c1-15-12-26-10-5-8-18(26)20(23-15)27-11-9-16(13-27)24-21(29)19-22-14-28(25-19)17-6-3-2-4-7-17/h2-8,10,12,14,16H,9,11,13H2,1H3,(H,24,29)/t16-/m0/s1. The van der Waals surface area contributed by atoms with E-state index in [1.807, 2.05) is 55.7 Å². The van der Waals surface area contributed by atoms with E-state index in [9.17, 15) is 4.79 Å². The number of carbonyl (C=O) groups is 1. The Balaban J connectivity index is 1.28. The smallest absolute Gasteiger partial charge is 0.291 e. The highest BCUT2D eigenvalue weighted by molar-refractivity contribution is 5.90. The lowest BCUT2D eigenvalue weighted by Crippen LogP contribution is -2.37. The van der Waals surface area contributed by atoms with Gasteiger partial charge in [-0.15, -0.1) is 5.10 Å². The van der Waals surface area contributed by atoms with Gasteiger partial charge in [0.15, 0.2) is 5.82 Å². The van der Waals surface area contributed by atoms with E-state index in [2.05, 4.69) is 30.8 Å². The van der Waals surface area contributed by atoms with Crippen molar-refractivity contribution < 1.29 is 4.79 Å². The number of fused-ring (bicyclic) bond motifs is 1. The monoisotopic (exact) mass is 387 g/mol. The summed E-state index contributed by atoms with van der Waals surface area (Å²) in [7, 11) is 0. The van der Waals surface area contributed by atoms with Crippen LogP contribution >= 0.6 is 0 Å². The maximum atomic E-state index is 12.6. The topological polar surface area (TPSA) is 80.4 Å². The zero-order chi connectivity index (χ0) is 19.8. The molecule has 3 aromatic heterocycles. The van der Waals surface area contributed by atoms with Crippen LogP contribution in [0.3, 0.4) is 0 Å². The number of aryl methyl sites for hydroxylation is 1. The van der Waals surface area contributed by atoms with E-state index in [0.29, 0.717) is 6.54 Å². The molecule has 8 heteroatoms. The van der Waals surface area contributed by atoms with Gasteiger partial charge in [-0.2, -0.15) is 0 Å². The molecule has 1 atom stereocenters. The second-order valence-electron chi connectivity index (χ2n) is 7.26. The zero-order valence-corrected chi connectivity index (χ0v) is 16.1. The average molecular weight is 387 g/mol. The molecule has 1 amide bonds. The van der Waals surface area contributed by atoms with E-state index in [1.54, 1.807) is 11.0 Å². The molecule has 0 unspecified atom stereocenters. The van der Waals surface area contributed by atoms with Crippen molar-refractivity contribution >= 4 is 17.2 Å². The van der Waals surface area contributed by atoms with Crippen molar-refractivity contribution in [1.29, 1.82) is 0 Å². The molecule has 29 heavy (non-hydrogen) atoms. The molecule has 0 saturated carbocycles. The molecule has 0 aliphatic carbocycles. The number of aromatic nitrogens is 5. The molecule has 146 valence electrons. The molecule has 1 N–H and O–H groups in total. The summed E-state index contributed by atoms with van der Waals surface area (Å²) in [6, 6.07) is 13.7. The van der Waals surface area contributed by atoms with Crippen molar-refractivity contribution in [3.05, 3.63) is 72.7 Å². The summed E-state index contributed by atoms with van der Waals surface area (Å²) in [5.74, 6) is 0.879. The predicted octanol–water partition coefficient (Wildman–Crippen LogP) is 2.23. The zero-order valence-electron chi connectivity index (χ0n) is 16.1. The minimum absolute atomic E-state index is 0.0310. The Hall–Kier alpha value is -3.68. The number of anilines is 1. The van der Waals surface area contributed by atoms with Crippen LogP contribution in [0.15, 0.2) is 61.2 Å². The van der Waals surface area contributed by atoms with E-state index in [1.165, 1.54) is 0 Å². The number of amides is 1.